The third-order valence-electron chi connectivity index (χ3n) is 2.19. The number of fused-ring (bicyclic) bond motifs is 1. The zero-order valence-electron chi connectivity index (χ0n) is 10.4. The minimum Gasteiger partial charge on any atom is -0.676 e. The average Bonchev–Trinajstić information content (AvgIpc) is 2.26. The van der Waals surface area contributed by atoms with Gasteiger partial charge in [0.1, 0.15) is 0 Å². The van der Waals surface area contributed by atoms with Crippen LogP contribution in [0.2, 0.25) is 0 Å². The zero-order chi connectivity index (χ0) is 10.8. The first kappa shape index (κ1) is 16.4. The molecule has 0 aromatic heterocycles. The molecule has 0 radical (unpaired) electrons. The van der Waals surface area contributed by atoms with Crippen LogP contribution in [0.4, 0.5) is 5.69 Å². The van der Waals surface area contributed by atoms with Crippen molar-refractivity contribution in [2.75, 3.05) is 0 Å². The SMILES string of the molecule is CCC=C1[N-]c2ccccc2C(=O)N1[NH-].[Li+].[Li+]. The van der Waals surface area contributed by atoms with Crippen LogP contribution in [0.25, 0.3) is 11.2 Å². The normalized spacial score (nSPS) is 15.5. The van der Waals surface area contributed by atoms with E-state index in [0.717, 1.165) is 11.4 Å². The third-order valence-corrected chi connectivity index (χ3v) is 2.19. The molecule has 1 aliphatic heterocycles. The molecule has 0 unspecified atom stereocenters. The second-order valence-electron chi connectivity index (χ2n) is 3.24. The van der Waals surface area contributed by atoms with Crippen LogP contribution in [0.3, 0.4) is 0 Å². The van der Waals surface area contributed by atoms with Crippen LogP contribution in [0.5, 0.6) is 0 Å². The van der Waals surface area contributed by atoms with E-state index in [0.29, 0.717) is 17.1 Å². The molecule has 1 amide bonds. The third kappa shape index (κ3) is 3.19. The Morgan fingerprint density at radius 2 is 2.00 bits per heavy atom. The summed E-state index contributed by atoms with van der Waals surface area (Å²) in [5.41, 5.74) is 1.13. The van der Waals surface area contributed by atoms with E-state index in [1.165, 1.54) is 0 Å². The van der Waals surface area contributed by atoms with Crippen LogP contribution >= 0.6 is 0 Å². The Balaban J connectivity index is 0.00000128. The van der Waals surface area contributed by atoms with Crippen molar-refractivity contribution < 1.29 is 42.5 Å². The number of carbonyl (C=O) groups is 1. The first-order chi connectivity index (χ1) is 7.24. The standard InChI is InChI=1S/C11H12N3O.2Li/c1-2-5-10-13-9-7-4-3-6-8(9)11(15)14(10)12;;/h3-7,12H,2H2,1H3,(H,13,15);;/q-1;2*+1/p-1. The van der Waals surface area contributed by atoms with Crippen molar-refractivity contribution >= 4 is 11.6 Å². The van der Waals surface area contributed by atoms with Gasteiger partial charge in [-0.2, -0.15) is 0 Å². The topological polar surface area (TPSA) is 58.2 Å². The molecule has 1 aromatic carbocycles. The molecule has 0 saturated heterocycles. The first-order valence-electron chi connectivity index (χ1n) is 4.80. The zero-order valence-corrected chi connectivity index (χ0v) is 10.4. The summed E-state index contributed by atoms with van der Waals surface area (Å²) in [6, 6.07) is 7.07. The monoisotopic (exact) mass is 215 g/mol. The summed E-state index contributed by atoms with van der Waals surface area (Å²) in [6.45, 7) is 1.95. The molecule has 0 fully saturated rings. The molecule has 1 N–H and O–H groups in total. The summed E-state index contributed by atoms with van der Waals surface area (Å²) in [5, 5.41) is 5.08. The van der Waals surface area contributed by atoms with E-state index >= 15 is 0 Å². The fourth-order valence-electron chi connectivity index (χ4n) is 1.47. The summed E-state index contributed by atoms with van der Waals surface area (Å²) < 4.78 is 0. The van der Waals surface area contributed by atoms with Crippen LogP contribution in [0.15, 0.2) is 36.2 Å². The number of para-hydroxylation sites is 1. The molecular formula is C11H11Li2N3O. The Hall–Kier alpha value is -0.615. The van der Waals surface area contributed by atoms with Crippen molar-refractivity contribution in [3.05, 3.63) is 52.9 Å². The van der Waals surface area contributed by atoms with Gasteiger partial charge in [0.05, 0.1) is 0 Å². The maximum Gasteiger partial charge on any atom is 1.00 e. The number of carbonyl (C=O) groups excluding carboxylic acids is 1. The quantitative estimate of drug-likeness (QED) is 0.473. The Labute approximate surface area is 125 Å². The van der Waals surface area contributed by atoms with Crippen molar-refractivity contribution in [3.63, 3.8) is 0 Å². The number of nitrogens with zero attached hydrogens (tertiary/aromatic N) is 2. The van der Waals surface area contributed by atoms with Crippen LogP contribution in [-0.2, 0) is 0 Å². The van der Waals surface area contributed by atoms with Crippen molar-refractivity contribution in [1.29, 1.82) is 0 Å². The number of rotatable bonds is 1. The number of hydrogen-bond donors (Lipinski definition) is 0. The molecule has 1 heterocycles. The van der Waals surface area contributed by atoms with Crippen LogP contribution in [-0.4, -0.2) is 10.9 Å². The van der Waals surface area contributed by atoms with Gasteiger partial charge < -0.3 is 16.2 Å². The average molecular weight is 215 g/mol. The molecule has 0 aliphatic carbocycles. The first-order valence-corrected chi connectivity index (χ1v) is 4.80. The second kappa shape index (κ2) is 6.96. The van der Waals surface area contributed by atoms with E-state index in [1.807, 2.05) is 13.0 Å². The van der Waals surface area contributed by atoms with E-state index in [9.17, 15) is 4.79 Å². The Bertz CT molecular complexity index is 434. The molecule has 17 heavy (non-hydrogen) atoms. The van der Waals surface area contributed by atoms with Gasteiger partial charge in [-0.05, 0) is 12.1 Å². The van der Waals surface area contributed by atoms with E-state index in [1.54, 1.807) is 24.3 Å². The molecule has 0 spiro atoms. The molecule has 0 atom stereocenters. The summed E-state index contributed by atoms with van der Waals surface area (Å²) in [7, 11) is 0. The predicted octanol–water partition coefficient (Wildman–Crippen LogP) is -2.63. The number of hydrogen-bond acceptors (Lipinski definition) is 1. The minimum atomic E-state index is -0.319. The van der Waals surface area contributed by atoms with Crippen molar-refractivity contribution in [2.24, 2.45) is 0 Å². The van der Waals surface area contributed by atoms with Crippen LogP contribution < -0.4 is 37.7 Å². The van der Waals surface area contributed by atoms with Crippen LogP contribution in [0, 0.1) is 0 Å². The van der Waals surface area contributed by atoms with Gasteiger partial charge in [0.2, 0.25) is 0 Å². The van der Waals surface area contributed by atoms with Gasteiger partial charge in [0.15, 0.2) is 5.91 Å². The van der Waals surface area contributed by atoms with E-state index in [-0.39, 0.29) is 43.6 Å². The Kier molecular flexibility index (Phi) is 6.71. The molecular weight excluding hydrogens is 204 g/mol. The van der Waals surface area contributed by atoms with E-state index < -0.39 is 0 Å². The molecule has 4 nitrogen and oxygen atoms in total. The minimum absolute atomic E-state index is 0. The van der Waals surface area contributed by atoms with Gasteiger partial charge in [-0.15, -0.1) is 0 Å². The molecule has 0 saturated carbocycles. The van der Waals surface area contributed by atoms with E-state index in [2.05, 4.69) is 5.32 Å². The largest absolute Gasteiger partial charge is 1.00 e. The number of nitrogens with one attached hydrogen (secondary N) is 1. The predicted molar refractivity (Wildman–Crippen MR) is 58.3 cm³/mol. The number of benzene rings is 1. The van der Waals surface area contributed by atoms with E-state index in [4.69, 9.17) is 5.84 Å². The smallest absolute Gasteiger partial charge is 0.676 e. The summed E-state index contributed by atoms with van der Waals surface area (Å²) in [4.78, 5) is 11.7. The van der Waals surface area contributed by atoms with Gasteiger partial charge in [-0.3, -0.25) is 4.79 Å². The number of amides is 1. The van der Waals surface area contributed by atoms with Gasteiger partial charge in [0.25, 0.3) is 0 Å². The van der Waals surface area contributed by atoms with Gasteiger partial charge >= 0.3 is 37.7 Å². The second-order valence-corrected chi connectivity index (χ2v) is 3.24. The van der Waals surface area contributed by atoms with Gasteiger partial charge in [-0.25, -0.2) is 0 Å². The van der Waals surface area contributed by atoms with Crippen LogP contribution in [0.1, 0.15) is 23.7 Å². The summed E-state index contributed by atoms with van der Waals surface area (Å²) in [5.74, 6) is 7.68. The maximum atomic E-state index is 11.7. The van der Waals surface area contributed by atoms with Crippen molar-refractivity contribution in [2.45, 2.75) is 13.3 Å². The summed E-state index contributed by atoms with van der Waals surface area (Å²) >= 11 is 0. The molecule has 0 bridgehead atoms. The Morgan fingerprint density at radius 3 is 2.65 bits per heavy atom. The van der Waals surface area contributed by atoms with Crippen molar-refractivity contribution in [1.82, 2.24) is 5.01 Å². The molecule has 2 rings (SSSR count). The Morgan fingerprint density at radius 1 is 1.35 bits per heavy atom. The number of allylic oxidation sites excluding steroid dienone is 1. The molecule has 1 aliphatic rings. The maximum absolute atomic E-state index is 11.7. The van der Waals surface area contributed by atoms with Crippen molar-refractivity contribution in [3.8, 4) is 0 Å². The fraction of sp³-hybridized carbons (Fsp3) is 0.182. The molecule has 78 valence electrons. The summed E-state index contributed by atoms with van der Waals surface area (Å²) in [6.07, 6.45) is 2.52. The molecule has 6 heteroatoms. The van der Waals surface area contributed by atoms with Gasteiger partial charge in [0, 0.05) is 5.56 Å². The molecule has 1 aromatic rings. The van der Waals surface area contributed by atoms with Gasteiger partial charge in [-0.1, -0.05) is 43.1 Å². The fourth-order valence-corrected chi connectivity index (χ4v) is 1.47.